The first-order chi connectivity index (χ1) is 9.49. The van der Waals surface area contributed by atoms with E-state index in [4.69, 9.17) is 0 Å². The highest BCUT2D eigenvalue weighted by atomic mass is 16.2. The predicted molar refractivity (Wildman–Crippen MR) is 78.4 cm³/mol. The summed E-state index contributed by atoms with van der Waals surface area (Å²) < 4.78 is 0. The standard InChI is InChI=1S/C17H21NO2/c1-10-5-7-13-14(8-10)17(20)18(16(13)19)15-9-11(2)4-6-12(15)3/h4,6,9-10,13-14H,5,7-8H2,1-3H3. The van der Waals surface area contributed by atoms with Crippen LogP contribution in [-0.2, 0) is 9.59 Å². The van der Waals surface area contributed by atoms with Crippen LogP contribution in [-0.4, -0.2) is 11.8 Å². The SMILES string of the molecule is Cc1ccc(C)c(N2C(=O)C3CCC(C)CC3C2=O)c1. The normalized spacial score (nSPS) is 29.8. The van der Waals surface area contributed by atoms with Crippen LogP contribution in [0.25, 0.3) is 0 Å². The van der Waals surface area contributed by atoms with E-state index >= 15 is 0 Å². The van der Waals surface area contributed by atoms with Gasteiger partial charge in [-0.2, -0.15) is 0 Å². The smallest absolute Gasteiger partial charge is 0.237 e. The molecular formula is C17H21NO2. The van der Waals surface area contributed by atoms with Crippen molar-refractivity contribution >= 4 is 17.5 Å². The summed E-state index contributed by atoms with van der Waals surface area (Å²) in [7, 11) is 0. The van der Waals surface area contributed by atoms with Crippen molar-refractivity contribution in [3.63, 3.8) is 0 Å². The molecule has 1 aliphatic carbocycles. The van der Waals surface area contributed by atoms with Gasteiger partial charge in [0.2, 0.25) is 11.8 Å². The van der Waals surface area contributed by atoms with Gasteiger partial charge in [-0.25, -0.2) is 4.90 Å². The largest absolute Gasteiger partial charge is 0.274 e. The molecule has 2 amide bonds. The fraction of sp³-hybridized carbons (Fsp3) is 0.529. The number of fused-ring (bicyclic) bond motifs is 1. The number of anilines is 1. The van der Waals surface area contributed by atoms with Crippen molar-refractivity contribution < 1.29 is 9.59 Å². The fourth-order valence-corrected chi connectivity index (χ4v) is 3.59. The molecular weight excluding hydrogens is 250 g/mol. The maximum absolute atomic E-state index is 12.7. The second-order valence-electron chi connectivity index (χ2n) is 6.43. The number of imide groups is 1. The van der Waals surface area contributed by atoms with Crippen LogP contribution < -0.4 is 4.90 Å². The Balaban J connectivity index is 2.00. The minimum absolute atomic E-state index is 0.0141. The van der Waals surface area contributed by atoms with Gasteiger partial charge >= 0.3 is 0 Å². The summed E-state index contributed by atoms with van der Waals surface area (Å²) >= 11 is 0. The van der Waals surface area contributed by atoms with Gasteiger partial charge in [0.1, 0.15) is 0 Å². The molecule has 1 saturated heterocycles. The first kappa shape index (κ1) is 13.3. The third kappa shape index (κ3) is 1.96. The van der Waals surface area contributed by atoms with Crippen LogP contribution in [0.5, 0.6) is 0 Å². The summed E-state index contributed by atoms with van der Waals surface area (Å²) in [5.74, 6) is 0.400. The molecule has 3 unspecified atom stereocenters. The first-order valence-electron chi connectivity index (χ1n) is 7.44. The average Bonchev–Trinajstić information content (AvgIpc) is 2.65. The highest BCUT2D eigenvalue weighted by Crippen LogP contribution is 2.42. The molecule has 1 heterocycles. The summed E-state index contributed by atoms with van der Waals surface area (Å²) in [6, 6.07) is 5.95. The van der Waals surface area contributed by atoms with E-state index in [-0.39, 0.29) is 23.7 Å². The Morgan fingerprint density at radius 2 is 1.75 bits per heavy atom. The van der Waals surface area contributed by atoms with Crippen molar-refractivity contribution in [2.75, 3.05) is 4.90 Å². The summed E-state index contributed by atoms with van der Waals surface area (Å²) in [4.78, 5) is 26.7. The van der Waals surface area contributed by atoms with Crippen molar-refractivity contribution in [2.45, 2.75) is 40.0 Å². The van der Waals surface area contributed by atoms with Gasteiger partial charge in [0, 0.05) is 0 Å². The molecule has 3 rings (SSSR count). The van der Waals surface area contributed by atoms with E-state index in [1.54, 1.807) is 0 Å². The lowest BCUT2D eigenvalue weighted by Gasteiger charge is -2.25. The molecule has 2 fully saturated rings. The Morgan fingerprint density at radius 3 is 2.50 bits per heavy atom. The summed E-state index contributed by atoms with van der Waals surface area (Å²) in [6.45, 7) is 6.12. The van der Waals surface area contributed by atoms with E-state index in [2.05, 4.69) is 6.92 Å². The van der Waals surface area contributed by atoms with E-state index in [1.165, 1.54) is 4.90 Å². The van der Waals surface area contributed by atoms with Crippen LogP contribution in [0.3, 0.4) is 0 Å². The molecule has 1 aliphatic heterocycles. The number of carbonyl (C=O) groups is 2. The quantitative estimate of drug-likeness (QED) is 0.735. The predicted octanol–water partition coefficient (Wildman–Crippen LogP) is 3.23. The summed E-state index contributed by atoms with van der Waals surface area (Å²) in [5, 5.41) is 0. The number of benzene rings is 1. The summed E-state index contributed by atoms with van der Waals surface area (Å²) in [5.41, 5.74) is 2.85. The van der Waals surface area contributed by atoms with E-state index in [1.807, 2.05) is 32.0 Å². The molecule has 3 nitrogen and oxygen atoms in total. The summed E-state index contributed by atoms with van der Waals surface area (Å²) in [6.07, 6.45) is 2.77. The van der Waals surface area contributed by atoms with Gasteiger partial charge < -0.3 is 0 Å². The van der Waals surface area contributed by atoms with Gasteiger partial charge in [0.15, 0.2) is 0 Å². The highest BCUT2D eigenvalue weighted by Gasteiger charge is 2.50. The number of carbonyl (C=O) groups excluding carboxylic acids is 2. The van der Waals surface area contributed by atoms with Gasteiger partial charge in [-0.1, -0.05) is 19.1 Å². The zero-order valence-corrected chi connectivity index (χ0v) is 12.3. The first-order valence-corrected chi connectivity index (χ1v) is 7.44. The second kappa shape index (κ2) is 4.72. The molecule has 1 aromatic carbocycles. The molecule has 0 radical (unpaired) electrons. The van der Waals surface area contributed by atoms with Crippen LogP contribution >= 0.6 is 0 Å². The lowest BCUT2D eigenvalue weighted by Crippen LogP contribution is -2.31. The topological polar surface area (TPSA) is 37.4 Å². The number of hydrogen-bond acceptors (Lipinski definition) is 2. The second-order valence-corrected chi connectivity index (χ2v) is 6.43. The number of hydrogen-bond donors (Lipinski definition) is 0. The molecule has 0 bridgehead atoms. The fourth-order valence-electron chi connectivity index (χ4n) is 3.59. The van der Waals surface area contributed by atoms with Crippen LogP contribution in [0, 0.1) is 31.6 Å². The highest BCUT2D eigenvalue weighted by molar-refractivity contribution is 6.22. The van der Waals surface area contributed by atoms with E-state index in [0.717, 1.165) is 36.1 Å². The van der Waals surface area contributed by atoms with Crippen LogP contribution in [0.4, 0.5) is 5.69 Å². The lowest BCUT2D eigenvalue weighted by atomic mass is 9.76. The maximum atomic E-state index is 12.7. The Bertz CT molecular complexity index is 578. The van der Waals surface area contributed by atoms with Gasteiger partial charge in [-0.3, -0.25) is 9.59 Å². The average molecular weight is 271 g/mol. The van der Waals surface area contributed by atoms with Crippen molar-refractivity contribution in [3.05, 3.63) is 29.3 Å². The number of amides is 2. The van der Waals surface area contributed by atoms with Gasteiger partial charge in [-0.05, 0) is 56.2 Å². The number of aryl methyl sites for hydroxylation is 2. The minimum Gasteiger partial charge on any atom is -0.274 e. The molecule has 1 saturated carbocycles. The zero-order valence-electron chi connectivity index (χ0n) is 12.3. The molecule has 20 heavy (non-hydrogen) atoms. The van der Waals surface area contributed by atoms with Crippen molar-refractivity contribution in [1.29, 1.82) is 0 Å². The van der Waals surface area contributed by atoms with Crippen molar-refractivity contribution in [2.24, 2.45) is 17.8 Å². The maximum Gasteiger partial charge on any atom is 0.237 e. The van der Waals surface area contributed by atoms with Crippen molar-refractivity contribution in [3.8, 4) is 0 Å². The van der Waals surface area contributed by atoms with Crippen LogP contribution in [0.15, 0.2) is 18.2 Å². The van der Waals surface area contributed by atoms with E-state index in [0.29, 0.717) is 5.92 Å². The monoisotopic (exact) mass is 271 g/mol. The Morgan fingerprint density at radius 1 is 1.05 bits per heavy atom. The zero-order chi connectivity index (χ0) is 14.4. The van der Waals surface area contributed by atoms with E-state index in [9.17, 15) is 9.59 Å². The minimum atomic E-state index is -0.0915. The Kier molecular flexibility index (Phi) is 3.15. The Labute approximate surface area is 120 Å². The van der Waals surface area contributed by atoms with Gasteiger partial charge in [0.25, 0.3) is 0 Å². The lowest BCUT2D eigenvalue weighted by molar-refractivity contribution is -0.122. The Hall–Kier alpha value is -1.64. The molecule has 1 aromatic rings. The van der Waals surface area contributed by atoms with Gasteiger partial charge in [-0.15, -0.1) is 0 Å². The number of nitrogens with zero attached hydrogens (tertiary/aromatic N) is 1. The van der Waals surface area contributed by atoms with Crippen LogP contribution in [0.2, 0.25) is 0 Å². The third-order valence-electron chi connectivity index (χ3n) is 4.79. The molecule has 0 N–H and O–H groups in total. The third-order valence-corrected chi connectivity index (χ3v) is 4.79. The molecule has 3 heteroatoms. The molecule has 3 atom stereocenters. The molecule has 0 aromatic heterocycles. The van der Waals surface area contributed by atoms with Crippen molar-refractivity contribution in [1.82, 2.24) is 0 Å². The molecule has 2 aliphatic rings. The number of rotatable bonds is 1. The molecule has 0 spiro atoms. The van der Waals surface area contributed by atoms with E-state index < -0.39 is 0 Å². The van der Waals surface area contributed by atoms with Crippen LogP contribution in [0.1, 0.15) is 37.3 Å². The molecule has 106 valence electrons. The van der Waals surface area contributed by atoms with Gasteiger partial charge in [0.05, 0.1) is 17.5 Å².